The van der Waals surface area contributed by atoms with Crippen LogP contribution < -0.4 is 5.43 Å². The van der Waals surface area contributed by atoms with Gasteiger partial charge in [-0.1, -0.05) is 62.4 Å². The molecule has 0 radical (unpaired) electrons. The smallest absolute Gasteiger partial charge is 0.243 e. The van der Waals surface area contributed by atoms with Crippen LogP contribution in [0, 0.1) is 17.8 Å². The highest BCUT2D eigenvalue weighted by Crippen LogP contribution is 2.43. The molecule has 2 aliphatic rings. The lowest BCUT2D eigenvalue weighted by molar-refractivity contribution is -0.161. The van der Waals surface area contributed by atoms with Crippen molar-refractivity contribution >= 4 is 21.7 Å². The highest BCUT2D eigenvalue weighted by molar-refractivity contribution is 7.92. The fourth-order valence-corrected chi connectivity index (χ4v) is 7.70. The van der Waals surface area contributed by atoms with Crippen molar-refractivity contribution < 1.29 is 28.2 Å². The van der Waals surface area contributed by atoms with Crippen molar-refractivity contribution in [3.8, 4) is 0 Å². The van der Waals surface area contributed by atoms with Crippen LogP contribution >= 0.6 is 0 Å². The maximum absolute atomic E-state index is 14.2. The topological polar surface area (TPSA) is 153 Å². The van der Waals surface area contributed by atoms with Crippen LogP contribution in [0.25, 0.3) is 0 Å². The van der Waals surface area contributed by atoms with Gasteiger partial charge in [0.15, 0.2) is 9.84 Å². The van der Waals surface area contributed by atoms with Crippen molar-refractivity contribution in [3.05, 3.63) is 54.1 Å². The van der Waals surface area contributed by atoms with E-state index in [2.05, 4.69) is 15.4 Å². The minimum atomic E-state index is -3.71. The first-order valence-electron chi connectivity index (χ1n) is 16.5. The number of hydrogen-bond donors (Lipinski definition) is 4. The van der Waals surface area contributed by atoms with E-state index in [0.29, 0.717) is 12.8 Å². The van der Waals surface area contributed by atoms with Crippen molar-refractivity contribution in [1.82, 2.24) is 20.4 Å². The van der Waals surface area contributed by atoms with Gasteiger partial charge >= 0.3 is 0 Å². The maximum Gasteiger partial charge on any atom is 0.243 e. The van der Waals surface area contributed by atoms with Gasteiger partial charge in [0.25, 0.3) is 0 Å². The Morgan fingerprint density at radius 1 is 1.07 bits per heavy atom. The highest BCUT2D eigenvalue weighted by Gasteiger charge is 2.50. The second-order valence-electron chi connectivity index (χ2n) is 14.3. The summed E-state index contributed by atoms with van der Waals surface area (Å²) in [4.78, 5) is 35.3. The first-order chi connectivity index (χ1) is 21.2. The van der Waals surface area contributed by atoms with Gasteiger partial charge in [-0.05, 0) is 77.2 Å². The third kappa shape index (κ3) is 9.39. The quantitative estimate of drug-likeness (QED) is 0.226. The number of nitrogens with one attached hydrogen (secondary N) is 2. The number of hydrogen-bond acceptors (Lipinski definition) is 7. The number of aliphatic hydroxyl groups is 2. The Morgan fingerprint density at radius 2 is 1.73 bits per heavy atom. The molecule has 2 aromatic rings. The summed E-state index contributed by atoms with van der Waals surface area (Å²) in [5.74, 6) is -2.29. The normalized spacial score (nSPS) is 19.7. The average Bonchev–Trinajstić information content (AvgIpc) is 3.74. The molecule has 250 valence electrons. The number of aliphatic hydroxyl groups excluding tert-OH is 1. The summed E-state index contributed by atoms with van der Waals surface area (Å²) in [6.07, 6.45) is 9.48. The number of H-pyrrole nitrogens is 1. The molecule has 2 saturated carbocycles. The number of aromatic nitrogens is 2. The third-order valence-corrected chi connectivity index (χ3v) is 12.4. The number of amides is 2. The summed E-state index contributed by atoms with van der Waals surface area (Å²) >= 11 is 0. The fourth-order valence-electron chi connectivity index (χ4n) is 6.40. The van der Waals surface area contributed by atoms with E-state index in [9.17, 15) is 28.2 Å². The van der Waals surface area contributed by atoms with Gasteiger partial charge < -0.3 is 15.2 Å². The van der Waals surface area contributed by atoms with Gasteiger partial charge in [-0.25, -0.2) is 18.4 Å². The van der Waals surface area contributed by atoms with Gasteiger partial charge in [-0.2, -0.15) is 0 Å². The molecule has 10 nitrogen and oxygen atoms in total. The Kier molecular flexibility index (Phi) is 11.5. The van der Waals surface area contributed by atoms with Crippen LogP contribution in [0.1, 0.15) is 96.7 Å². The summed E-state index contributed by atoms with van der Waals surface area (Å²) in [5, 5.41) is 24.6. The molecule has 4 rings (SSSR count). The standard InChI is InChI=1S/C34H52N4O6S/c1-33(2,3)45(43,44)22-26(19-24-11-7-5-8-12-24)32(41)37-38(30(39)18-17-28-21-35-23-36-28)29(20-25-13-9-6-10-14-25)31(40)34(4,42)27-15-16-27/h5,7-8,11-12,21,23,25-27,29,31,40,42H,6,9-10,13-20,22H2,1-4H3,(H,35,36)(H,37,41)/t26-,29+,31-,34+/m1/s1. The molecule has 2 amide bonds. The largest absolute Gasteiger partial charge is 0.388 e. The van der Waals surface area contributed by atoms with Crippen LogP contribution in [0.4, 0.5) is 0 Å². The van der Waals surface area contributed by atoms with Crippen LogP contribution in [0.5, 0.6) is 0 Å². The van der Waals surface area contributed by atoms with E-state index in [0.717, 1.165) is 56.2 Å². The van der Waals surface area contributed by atoms with Crippen LogP contribution in [0.3, 0.4) is 0 Å². The molecule has 0 unspecified atom stereocenters. The molecule has 1 heterocycles. The van der Waals surface area contributed by atoms with Crippen LogP contribution in [0.2, 0.25) is 0 Å². The molecule has 2 fully saturated rings. The summed E-state index contributed by atoms with van der Waals surface area (Å²) in [5.41, 5.74) is 2.93. The summed E-state index contributed by atoms with van der Waals surface area (Å²) in [6, 6.07) is 8.33. The van der Waals surface area contributed by atoms with Gasteiger partial charge in [-0.15, -0.1) is 0 Å². The maximum atomic E-state index is 14.2. The predicted molar refractivity (Wildman–Crippen MR) is 173 cm³/mol. The van der Waals surface area contributed by atoms with Crippen LogP contribution in [-0.2, 0) is 32.3 Å². The number of carbonyl (C=O) groups excluding carboxylic acids is 2. The van der Waals surface area contributed by atoms with E-state index in [-0.39, 0.29) is 24.7 Å². The van der Waals surface area contributed by atoms with Gasteiger partial charge in [-0.3, -0.25) is 15.0 Å². The van der Waals surface area contributed by atoms with Crippen LogP contribution in [0.15, 0.2) is 42.9 Å². The number of sulfone groups is 1. The first-order valence-corrected chi connectivity index (χ1v) is 18.1. The number of aryl methyl sites for hydroxylation is 1. The molecule has 1 aromatic carbocycles. The molecule has 2 aliphatic carbocycles. The number of nitrogens with zero attached hydrogens (tertiary/aromatic N) is 2. The Balaban J connectivity index is 1.68. The molecule has 0 saturated heterocycles. The Labute approximate surface area is 268 Å². The van der Waals surface area contributed by atoms with E-state index in [1.807, 2.05) is 30.3 Å². The Bertz CT molecular complexity index is 1350. The summed E-state index contributed by atoms with van der Waals surface area (Å²) < 4.78 is 25.7. The van der Waals surface area contributed by atoms with E-state index in [1.165, 1.54) is 11.3 Å². The second-order valence-corrected chi connectivity index (χ2v) is 17.1. The number of aromatic amines is 1. The molecule has 4 atom stereocenters. The molecule has 45 heavy (non-hydrogen) atoms. The van der Waals surface area contributed by atoms with Gasteiger partial charge in [0.2, 0.25) is 11.8 Å². The van der Waals surface area contributed by atoms with Crippen molar-refractivity contribution in [2.75, 3.05) is 5.75 Å². The number of rotatable bonds is 14. The summed E-state index contributed by atoms with van der Waals surface area (Å²) in [7, 11) is -3.71. The Hall–Kier alpha value is -2.76. The molecule has 0 bridgehead atoms. The number of hydrazine groups is 1. The molecule has 4 N–H and O–H groups in total. The Morgan fingerprint density at radius 3 is 2.31 bits per heavy atom. The van der Waals surface area contributed by atoms with Crippen molar-refractivity contribution in [1.29, 1.82) is 0 Å². The zero-order valence-corrected chi connectivity index (χ0v) is 28.1. The number of imidazole rings is 1. The van der Waals surface area contributed by atoms with E-state index < -0.39 is 55.8 Å². The first kappa shape index (κ1) is 35.1. The molecule has 0 aliphatic heterocycles. The fraction of sp³-hybridized carbons (Fsp3) is 0.676. The minimum Gasteiger partial charge on any atom is -0.388 e. The molecular weight excluding hydrogens is 592 g/mol. The van der Waals surface area contributed by atoms with Crippen LogP contribution in [-0.4, -0.2) is 73.7 Å². The average molecular weight is 645 g/mol. The monoisotopic (exact) mass is 644 g/mol. The molecular formula is C34H52N4O6S. The van der Waals surface area contributed by atoms with Gasteiger partial charge in [0.1, 0.15) is 6.10 Å². The van der Waals surface area contributed by atoms with E-state index in [4.69, 9.17) is 0 Å². The lowest BCUT2D eigenvalue weighted by Gasteiger charge is -2.43. The number of carbonyl (C=O) groups is 2. The van der Waals surface area contributed by atoms with Crippen molar-refractivity contribution in [3.63, 3.8) is 0 Å². The minimum absolute atomic E-state index is 0.0194. The lowest BCUT2D eigenvalue weighted by atomic mass is 9.79. The van der Waals surface area contributed by atoms with Crippen molar-refractivity contribution in [2.45, 2.75) is 121 Å². The lowest BCUT2D eigenvalue weighted by Crippen LogP contribution is -2.62. The molecule has 0 spiro atoms. The third-order valence-electron chi connectivity index (χ3n) is 9.71. The summed E-state index contributed by atoms with van der Waals surface area (Å²) in [6.45, 7) is 6.46. The zero-order valence-electron chi connectivity index (χ0n) is 27.2. The predicted octanol–water partition coefficient (Wildman–Crippen LogP) is 4.14. The van der Waals surface area contributed by atoms with Crippen molar-refractivity contribution in [2.24, 2.45) is 17.8 Å². The molecule has 1 aromatic heterocycles. The highest BCUT2D eigenvalue weighted by atomic mass is 32.2. The number of benzene rings is 1. The van der Waals surface area contributed by atoms with E-state index >= 15 is 0 Å². The second kappa shape index (κ2) is 14.8. The van der Waals surface area contributed by atoms with Gasteiger partial charge in [0.05, 0.1) is 34.4 Å². The SMILES string of the molecule is CC(C)(C)S(=O)(=O)C[C@@H](Cc1ccccc1)C(=O)NN(C(=O)CCc1cnc[nH]1)[C@@H](CC1CCCCC1)[C@@H](O)[C@@](C)(O)C1CC1. The molecule has 11 heteroatoms. The van der Waals surface area contributed by atoms with E-state index in [1.54, 1.807) is 33.9 Å². The van der Waals surface area contributed by atoms with Gasteiger partial charge in [0, 0.05) is 18.3 Å². The zero-order chi connectivity index (χ0) is 32.8.